The van der Waals surface area contributed by atoms with Crippen LogP contribution in [0, 0.1) is 5.92 Å². The van der Waals surface area contributed by atoms with Gasteiger partial charge in [-0.2, -0.15) is 0 Å². The molecule has 0 saturated carbocycles. The number of hydrogen-bond donors (Lipinski definition) is 2. The number of nitrogens with zero attached hydrogens (tertiary/aromatic N) is 2. The monoisotopic (exact) mass is 284 g/mol. The number of aliphatic carboxylic acids is 1. The molecule has 0 bridgehead atoms. The van der Waals surface area contributed by atoms with Crippen molar-refractivity contribution in [3.63, 3.8) is 0 Å². The van der Waals surface area contributed by atoms with E-state index in [9.17, 15) is 14.7 Å². The number of amides is 2. The number of carboxylic acids is 1. The fraction of sp³-hybridized carbons (Fsp3) is 0.857. The molecule has 0 aromatic carbocycles. The molecule has 2 aliphatic heterocycles. The van der Waals surface area contributed by atoms with Gasteiger partial charge in [0.2, 0.25) is 0 Å². The molecule has 2 N–H and O–H groups in total. The Hall–Kier alpha value is -1.30. The van der Waals surface area contributed by atoms with Crippen LogP contribution in [-0.4, -0.2) is 64.3 Å². The van der Waals surface area contributed by atoms with Crippen LogP contribution in [-0.2, 0) is 4.79 Å². The largest absolute Gasteiger partial charge is 0.480 e. The molecule has 6 heteroatoms. The minimum absolute atomic E-state index is 0.139. The first kappa shape index (κ1) is 15.1. The van der Waals surface area contributed by atoms with E-state index in [0.29, 0.717) is 38.4 Å². The van der Waals surface area contributed by atoms with E-state index in [1.165, 1.54) is 4.90 Å². The van der Waals surface area contributed by atoms with Crippen molar-refractivity contribution < 1.29 is 19.8 Å². The van der Waals surface area contributed by atoms with Crippen LogP contribution in [0.4, 0.5) is 4.79 Å². The molecule has 2 rings (SSSR count). The number of carbonyl (C=O) groups excluding carboxylic acids is 1. The Morgan fingerprint density at radius 1 is 1.10 bits per heavy atom. The van der Waals surface area contributed by atoms with Crippen LogP contribution in [0.1, 0.15) is 38.5 Å². The summed E-state index contributed by atoms with van der Waals surface area (Å²) in [5, 5.41) is 18.3. The van der Waals surface area contributed by atoms with Gasteiger partial charge in [-0.3, -0.25) is 0 Å². The lowest BCUT2D eigenvalue weighted by Crippen LogP contribution is -2.50. The molecule has 0 aliphatic carbocycles. The molecule has 6 nitrogen and oxygen atoms in total. The summed E-state index contributed by atoms with van der Waals surface area (Å²) < 4.78 is 0. The van der Waals surface area contributed by atoms with Gasteiger partial charge in [-0.1, -0.05) is 12.8 Å². The summed E-state index contributed by atoms with van der Waals surface area (Å²) in [4.78, 5) is 27.2. The molecule has 2 heterocycles. The van der Waals surface area contributed by atoms with Crippen LogP contribution in [0.5, 0.6) is 0 Å². The number of rotatable bonds is 3. The number of likely N-dealkylation sites (tertiary alicyclic amines) is 2. The molecule has 20 heavy (non-hydrogen) atoms. The van der Waals surface area contributed by atoms with Crippen molar-refractivity contribution in [3.8, 4) is 0 Å². The summed E-state index contributed by atoms with van der Waals surface area (Å²) in [5.74, 6) is -0.550. The third-order valence-electron chi connectivity index (χ3n) is 4.38. The van der Waals surface area contributed by atoms with Crippen LogP contribution < -0.4 is 0 Å². The van der Waals surface area contributed by atoms with Gasteiger partial charge in [-0.25, -0.2) is 9.59 Å². The molecule has 2 unspecified atom stereocenters. The number of aliphatic hydroxyl groups excluding tert-OH is 1. The molecule has 0 radical (unpaired) electrons. The Bertz CT molecular complexity index is 361. The van der Waals surface area contributed by atoms with Crippen molar-refractivity contribution in [1.29, 1.82) is 0 Å². The van der Waals surface area contributed by atoms with Crippen molar-refractivity contribution in [3.05, 3.63) is 0 Å². The first-order valence-corrected chi connectivity index (χ1v) is 7.52. The second-order valence-electron chi connectivity index (χ2n) is 5.79. The smallest absolute Gasteiger partial charge is 0.326 e. The van der Waals surface area contributed by atoms with Gasteiger partial charge in [0.05, 0.1) is 0 Å². The lowest BCUT2D eigenvalue weighted by molar-refractivity contribution is -0.142. The first-order valence-electron chi connectivity index (χ1n) is 7.52. The lowest BCUT2D eigenvalue weighted by Gasteiger charge is -2.31. The van der Waals surface area contributed by atoms with Crippen LogP contribution in [0.3, 0.4) is 0 Å². The molecular weight excluding hydrogens is 260 g/mol. The van der Waals surface area contributed by atoms with E-state index < -0.39 is 12.0 Å². The Labute approximate surface area is 119 Å². The molecule has 2 saturated heterocycles. The number of hydrogen-bond acceptors (Lipinski definition) is 3. The third kappa shape index (κ3) is 3.42. The summed E-state index contributed by atoms with van der Waals surface area (Å²) in [6, 6.07) is -0.818. The van der Waals surface area contributed by atoms with Crippen LogP contribution >= 0.6 is 0 Å². The minimum Gasteiger partial charge on any atom is -0.480 e. The molecule has 114 valence electrons. The summed E-state index contributed by atoms with van der Waals surface area (Å²) in [5.41, 5.74) is 0. The summed E-state index contributed by atoms with van der Waals surface area (Å²) in [6.45, 7) is 2.00. The number of urea groups is 1. The normalized spacial score (nSPS) is 27.4. The minimum atomic E-state index is -0.897. The lowest BCUT2D eigenvalue weighted by atomic mass is 10.1. The highest BCUT2D eigenvalue weighted by Crippen LogP contribution is 2.24. The highest BCUT2D eigenvalue weighted by atomic mass is 16.4. The van der Waals surface area contributed by atoms with Gasteiger partial charge in [-0.05, 0) is 31.6 Å². The van der Waals surface area contributed by atoms with Crippen LogP contribution in [0.2, 0.25) is 0 Å². The van der Waals surface area contributed by atoms with E-state index in [1.54, 1.807) is 4.90 Å². The molecule has 0 aromatic rings. The fourth-order valence-electron chi connectivity index (χ4n) is 3.20. The van der Waals surface area contributed by atoms with Gasteiger partial charge in [0.25, 0.3) is 0 Å². The van der Waals surface area contributed by atoms with E-state index in [-0.39, 0.29) is 12.6 Å². The highest BCUT2D eigenvalue weighted by Gasteiger charge is 2.35. The summed E-state index contributed by atoms with van der Waals surface area (Å²) in [6.07, 6.45) is 4.90. The topological polar surface area (TPSA) is 81.1 Å². The summed E-state index contributed by atoms with van der Waals surface area (Å²) in [7, 11) is 0. The number of carboxylic acid groups (broad SMARTS) is 1. The van der Waals surface area contributed by atoms with Crippen LogP contribution in [0.25, 0.3) is 0 Å². The zero-order valence-corrected chi connectivity index (χ0v) is 11.8. The fourth-order valence-corrected chi connectivity index (χ4v) is 3.20. The van der Waals surface area contributed by atoms with Crippen molar-refractivity contribution in [2.75, 3.05) is 26.2 Å². The number of aliphatic hydroxyl groups is 1. The number of carbonyl (C=O) groups is 2. The van der Waals surface area contributed by atoms with Gasteiger partial charge in [0, 0.05) is 26.2 Å². The standard InChI is InChI=1S/C14H24N2O4/c17-9-6-11-5-8-15(10-11)14(20)16-7-3-1-2-4-12(16)13(18)19/h11-12,17H,1-10H2,(H,18,19). The Morgan fingerprint density at radius 2 is 1.90 bits per heavy atom. The van der Waals surface area contributed by atoms with Gasteiger partial charge < -0.3 is 20.0 Å². The second kappa shape index (κ2) is 6.92. The average Bonchev–Trinajstić information content (AvgIpc) is 2.74. The maximum Gasteiger partial charge on any atom is 0.326 e. The molecule has 2 atom stereocenters. The molecule has 0 spiro atoms. The second-order valence-corrected chi connectivity index (χ2v) is 5.79. The maximum atomic E-state index is 12.5. The molecular formula is C14H24N2O4. The Morgan fingerprint density at radius 3 is 2.60 bits per heavy atom. The van der Waals surface area contributed by atoms with Crippen molar-refractivity contribution in [2.24, 2.45) is 5.92 Å². The van der Waals surface area contributed by atoms with E-state index in [0.717, 1.165) is 25.7 Å². The third-order valence-corrected chi connectivity index (χ3v) is 4.38. The van der Waals surface area contributed by atoms with E-state index in [1.807, 2.05) is 0 Å². The van der Waals surface area contributed by atoms with Gasteiger partial charge >= 0.3 is 12.0 Å². The summed E-state index contributed by atoms with van der Waals surface area (Å²) >= 11 is 0. The van der Waals surface area contributed by atoms with Gasteiger partial charge in [-0.15, -0.1) is 0 Å². The predicted molar refractivity (Wildman–Crippen MR) is 73.4 cm³/mol. The molecule has 2 aliphatic rings. The van der Waals surface area contributed by atoms with Gasteiger partial charge in [0.1, 0.15) is 6.04 Å². The SMILES string of the molecule is O=C(O)C1CCCCCN1C(=O)N1CCC(CCO)C1. The maximum absolute atomic E-state index is 12.5. The molecule has 2 amide bonds. The van der Waals surface area contributed by atoms with Crippen molar-refractivity contribution in [1.82, 2.24) is 9.80 Å². The van der Waals surface area contributed by atoms with E-state index >= 15 is 0 Å². The van der Waals surface area contributed by atoms with Crippen LogP contribution in [0.15, 0.2) is 0 Å². The van der Waals surface area contributed by atoms with Crippen molar-refractivity contribution in [2.45, 2.75) is 44.6 Å². The van der Waals surface area contributed by atoms with E-state index in [2.05, 4.69) is 0 Å². The average molecular weight is 284 g/mol. The molecule has 2 fully saturated rings. The zero-order chi connectivity index (χ0) is 14.5. The quantitative estimate of drug-likeness (QED) is 0.814. The highest BCUT2D eigenvalue weighted by molar-refractivity contribution is 5.83. The first-order chi connectivity index (χ1) is 9.63. The van der Waals surface area contributed by atoms with E-state index in [4.69, 9.17) is 5.11 Å². The molecule has 0 aromatic heterocycles. The Kier molecular flexibility index (Phi) is 5.23. The van der Waals surface area contributed by atoms with Gasteiger partial charge in [0.15, 0.2) is 0 Å². The predicted octanol–water partition coefficient (Wildman–Crippen LogP) is 1.14. The van der Waals surface area contributed by atoms with Crippen molar-refractivity contribution >= 4 is 12.0 Å². The Balaban J connectivity index is 2.00. The zero-order valence-electron chi connectivity index (χ0n) is 11.8.